The number of cyclic esters (lactones) is 4. The lowest BCUT2D eigenvalue weighted by Crippen LogP contribution is -2.38. The van der Waals surface area contributed by atoms with Crippen LogP contribution in [0.5, 0.6) is 0 Å². The summed E-state index contributed by atoms with van der Waals surface area (Å²) >= 11 is 0. The lowest BCUT2D eigenvalue weighted by molar-refractivity contribution is -0.154. The first-order valence-electron chi connectivity index (χ1n) is 12.5. The minimum Gasteiger partial charge on any atom is -0.478 e. The molecule has 0 aromatic heterocycles. The van der Waals surface area contributed by atoms with E-state index >= 15 is 0 Å². The van der Waals surface area contributed by atoms with Gasteiger partial charge in [-0.1, -0.05) is 38.7 Å². The molecule has 0 saturated carbocycles. The van der Waals surface area contributed by atoms with Gasteiger partial charge in [-0.2, -0.15) is 0 Å². The summed E-state index contributed by atoms with van der Waals surface area (Å²) < 4.78 is 9.55. The van der Waals surface area contributed by atoms with Gasteiger partial charge in [0.1, 0.15) is 0 Å². The van der Waals surface area contributed by atoms with E-state index in [1.807, 2.05) is 6.92 Å². The molecule has 3 aliphatic rings. The number of ether oxygens (including phenoxy) is 2. The summed E-state index contributed by atoms with van der Waals surface area (Å²) in [6, 6.07) is 0. The number of aliphatic hydroxyl groups is 3. The first kappa shape index (κ1) is 28.4. The first-order valence-corrected chi connectivity index (χ1v) is 12.5. The normalized spacial score (nSPS) is 25.9. The van der Waals surface area contributed by atoms with E-state index in [9.17, 15) is 39.3 Å². The van der Waals surface area contributed by atoms with Crippen molar-refractivity contribution in [3.05, 3.63) is 34.4 Å². The number of aliphatic carboxylic acids is 1. The smallest absolute Gasteiger partial charge is 0.345 e. The summed E-state index contributed by atoms with van der Waals surface area (Å²) in [5, 5.41) is 42.0. The van der Waals surface area contributed by atoms with Crippen molar-refractivity contribution in [2.45, 2.75) is 83.0 Å². The molecule has 37 heavy (non-hydrogen) atoms. The molecule has 5 atom stereocenters. The third kappa shape index (κ3) is 6.41. The van der Waals surface area contributed by atoms with E-state index in [2.05, 4.69) is 0 Å². The molecule has 2 aliphatic heterocycles. The molecule has 202 valence electrons. The molecule has 0 spiro atoms. The minimum atomic E-state index is -1.83. The topological polar surface area (TPSA) is 185 Å². The van der Waals surface area contributed by atoms with E-state index < -0.39 is 65.6 Å². The van der Waals surface area contributed by atoms with Crippen molar-refractivity contribution in [1.82, 2.24) is 0 Å². The summed E-state index contributed by atoms with van der Waals surface area (Å²) in [4.78, 5) is 61.3. The second-order valence-electron chi connectivity index (χ2n) is 9.58. The molecule has 0 saturated heterocycles. The number of esters is 4. The molecule has 0 aromatic carbocycles. The monoisotopic (exact) mass is 520 g/mol. The highest BCUT2D eigenvalue weighted by Gasteiger charge is 2.50. The quantitative estimate of drug-likeness (QED) is 0.133. The summed E-state index contributed by atoms with van der Waals surface area (Å²) in [7, 11) is 0. The van der Waals surface area contributed by atoms with Gasteiger partial charge < -0.3 is 29.9 Å². The number of hydrogen-bond acceptors (Lipinski definition) is 10. The molecular weight excluding hydrogens is 488 g/mol. The van der Waals surface area contributed by atoms with Crippen molar-refractivity contribution in [2.24, 2.45) is 11.8 Å². The number of rotatable bonds is 11. The third-order valence-electron chi connectivity index (χ3n) is 7.06. The number of carboxylic acid groups (broad SMARTS) is 1. The number of hydrogen-bond donors (Lipinski definition) is 4. The maximum Gasteiger partial charge on any atom is 0.345 e. The largest absolute Gasteiger partial charge is 0.478 e. The molecule has 3 rings (SSSR count). The van der Waals surface area contributed by atoms with E-state index in [0.717, 1.165) is 25.3 Å². The van der Waals surface area contributed by atoms with Crippen LogP contribution in [0.3, 0.4) is 0 Å². The van der Waals surface area contributed by atoms with E-state index in [1.165, 1.54) is 6.08 Å². The maximum atomic E-state index is 12.8. The molecule has 11 nitrogen and oxygen atoms in total. The first-order chi connectivity index (χ1) is 17.6. The average molecular weight is 521 g/mol. The number of carbonyl (C=O) groups excluding carboxylic acids is 4. The second-order valence-corrected chi connectivity index (χ2v) is 9.58. The van der Waals surface area contributed by atoms with Crippen LogP contribution in [-0.4, -0.2) is 68.6 Å². The zero-order valence-electron chi connectivity index (χ0n) is 20.6. The van der Waals surface area contributed by atoms with Crippen LogP contribution in [0, 0.1) is 11.8 Å². The van der Waals surface area contributed by atoms with Crippen molar-refractivity contribution in [3.8, 4) is 0 Å². The highest BCUT2D eigenvalue weighted by molar-refractivity contribution is 6.15. The highest BCUT2D eigenvalue weighted by Crippen LogP contribution is 2.42. The number of aliphatic hydroxyl groups excluding tert-OH is 3. The van der Waals surface area contributed by atoms with Crippen molar-refractivity contribution in [3.63, 3.8) is 0 Å². The van der Waals surface area contributed by atoms with Crippen LogP contribution in [0.4, 0.5) is 0 Å². The van der Waals surface area contributed by atoms with Gasteiger partial charge in [0.2, 0.25) is 0 Å². The number of carbonyl (C=O) groups is 5. The van der Waals surface area contributed by atoms with Crippen LogP contribution in [0.15, 0.2) is 34.4 Å². The Morgan fingerprint density at radius 3 is 2.08 bits per heavy atom. The van der Waals surface area contributed by atoms with Gasteiger partial charge in [0.05, 0.1) is 35.0 Å². The lowest BCUT2D eigenvalue weighted by atomic mass is 9.80. The molecule has 11 heteroatoms. The van der Waals surface area contributed by atoms with Gasteiger partial charge in [0.25, 0.3) is 0 Å². The van der Waals surface area contributed by atoms with Crippen LogP contribution < -0.4 is 0 Å². The maximum absolute atomic E-state index is 12.8. The predicted octanol–water partition coefficient (Wildman–Crippen LogP) is 1.25. The van der Waals surface area contributed by atoms with Crippen molar-refractivity contribution in [1.29, 1.82) is 0 Å². The predicted molar refractivity (Wildman–Crippen MR) is 125 cm³/mol. The number of carboxylic acids is 1. The minimum absolute atomic E-state index is 0.0533. The summed E-state index contributed by atoms with van der Waals surface area (Å²) in [6.45, 7) is 2.01. The van der Waals surface area contributed by atoms with Gasteiger partial charge in [0, 0.05) is 17.6 Å². The molecule has 1 aliphatic carbocycles. The highest BCUT2D eigenvalue weighted by atomic mass is 16.6. The van der Waals surface area contributed by atoms with Crippen LogP contribution in [0.2, 0.25) is 0 Å². The Bertz CT molecular complexity index is 1050. The Balaban J connectivity index is 2.03. The fraction of sp³-hybridized carbons (Fsp3) is 0.577. The van der Waals surface area contributed by atoms with Gasteiger partial charge in [0.15, 0.2) is 0 Å². The van der Waals surface area contributed by atoms with Crippen LogP contribution >= 0.6 is 0 Å². The van der Waals surface area contributed by atoms with E-state index in [-0.39, 0.29) is 48.8 Å². The molecule has 0 aromatic rings. The Kier molecular flexibility index (Phi) is 9.52. The van der Waals surface area contributed by atoms with Gasteiger partial charge >= 0.3 is 29.8 Å². The summed E-state index contributed by atoms with van der Waals surface area (Å²) in [6.07, 6.45) is 1.00. The van der Waals surface area contributed by atoms with Gasteiger partial charge in [-0.3, -0.25) is 0 Å². The average Bonchev–Trinajstić information content (AvgIpc) is 3.28. The van der Waals surface area contributed by atoms with Crippen molar-refractivity contribution >= 4 is 29.8 Å². The van der Waals surface area contributed by atoms with Crippen LogP contribution in [0.1, 0.15) is 64.7 Å². The SMILES string of the molecule is CCCCCCC(O)C1C2=C(CC(C(O)CCC=CC(=O)O)CC3=C(C(=O)OC3=O)C1O)C(=O)OC2=O. The zero-order valence-corrected chi connectivity index (χ0v) is 20.6. The molecule has 0 bridgehead atoms. The van der Waals surface area contributed by atoms with Gasteiger partial charge in [-0.25, -0.2) is 24.0 Å². The Labute approximate surface area is 213 Å². The van der Waals surface area contributed by atoms with Gasteiger partial charge in [-0.15, -0.1) is 0 Å². The Morgan fingerprint density at radius 1 is 0.892 bits per heavy atom. The molecule has 0 radical (unpaired) electrons. The Morgan fingerprint density at radius 2 is 1.49 bits per heavy atom. The standard InChI is InChI=1S/C26H32O11/c1-2-3-4-5-9-17(28)21-19-14(23(32)36-25(19)34)11-13(16(27)8-6-7-10-18(29)30)12-15-20(22(21)31)26(35)37-24(15)33/h7,10,13,16-17,21-22,27-28,31H,2-6,8-9,11-12H2,1H3,(H,29,30). The molecule has 2 heterocycles. The molecule has 0 amide bonds. The molecule has 5 unspecified atom stereocenters. The number of allylic oxidation sites excluding steroid dienone is 1. The molecular formula is C26H32O11. The fourth-order valence-electron chi connectivity index (χ4n) is 5.15. The lowest BCUT2D eigenvalue weighted by Gasteiger charge is -2.28. The molecule has 4 N–H and O–H groups in total. The zero-order chi connectivity index (χ0) is 27.3. The third-order valence-corrected chi connectivity index (χ3v) is 7.06. The number of unbranched alkanes of at least 4 members (excludes halogenated alkanes) is 3. The van der Waals surface area contributed by atoms with Crippen molar-refractivity contribution in [2.75, 3.05) is 0 Å². The van der Waals surface area contributed by atoms with E-state index in [1.54, 1.807) is 0 Å². The Hall–Kier alpha value is -3.15. The fourth-order valence-corrected chi connectivity index (χ4v) is 5.15. The molecule has 0 fully saturated rings. The van der Waals surface area contributed by atoms with E-state index in [4.69, 9.17) is 14.6 Å². The summed E-state index contributed by atoms with van der Waals surface area (Å²) in [5.74, 6) is -7.62. The summed E-state index contributed by atoms with van der Waals surface area (Å²) in [5.41, 5.74) is -1.00. The van der Waals surface area contributed by atoms with Crippen LogP contribution in [0.25, 0.3) is 0 Å². The second kappa shape index (κ2) is 12.4. The van der Waals surface area contributed by atoms with Crippen LogP contribution in [-0.2, 0) is 33.4 Å². The van der Waals surface area contributed by atoms with Crippen molar-refractivity contribution < 1.29 is 53.9 Å². The van der Waals surface area contributed by atoms with Gasteiger partial charge in [-0.05, 0) is 38.0 Å². The van der Waals surface area contributed by atoms with E-state index in [0.29, 0.717) is 6.42 Å².